The Balaban J connectivity index is 2.03. The third-order valence-electron chi connectivity index (χ3n) is 4.91. The zero-order valence-corrected chi connectivity index (χ0v) is 16.7. The molecule has 5 nitrogen and oxygen atoms in total. The second-order valence-corrected chi connectivity index (χ2v) is 7.20. The van der Waals surface area contributed by atoms with Crippen LogP contribution in [0.25, 0.3) is 0 Å². The number of nitrogens with one attached hydrogen (secondary N) is 2. The summed E-state index contributed by atoms with van der Waals surface area (Å²) in [5.41, 5.74) is 2.80. The maximum atomic E-state index is 13.9. The first-order valence-corrected chi connectivity index (χ1v) is 9.92. The van der Waals surface area contributed by atoms with Gasteiger partial charge in [0.2, 0.25) is 5.97 Å². The molecule has 0 fully saturated rings. The van der Waals surface area contributed by atoms with Crippen LogP contribution < -0.4 is 10.1 Å². The van der Waals surface area contributed by atoms with Crippen LogP contribution in [0.5, 0.6) is 5.75 Å². The summed E-state index contributed by atoms with van der Waals surface area (Å²) in [6.07, 6.45) is 4.41. The average molecular weight is 390 g/mol. The summed E-state index contributed by atoms with van der Waals surface area (Å²) < 4.78 is 19.8. The molecule has 2 rings (SSSR count). The molecule has 1 unspecified atom stereocenters. The van der Waals surface area contributed by atoms with Gasteiger partial charge < -0.3 is 20.3 Å². The second kappa shape index (κ2) is 11.0. The molecule has 0 radical (unpaired) electrons. The smallest absolute Gasteiger partial charge is 0.214 e. The number of rotatable bonds is 11. The lowest BCUT2D eigenvalue weighted by Crippen LogP contribution is -2.23. The van der Waals surface area contributed by atoms with Gasteiger partial charge in [0.25, 0.3) is 0 Å². The molecule has 0 saturated heterocycles. The van der Waals surface area contributed by atoms with E-state index in [4.69, 9.17) is 20.4 Å². The molecule has 154 valence electrons. The van der Waals surface area contributed by atoms with Crippen LogP contribution in [0.1, 0.15) is 57.4 Å². The van der Waals surface area contributed by atoms with Gasteiger partial charge >= 0.3 is 0 Å². The molecule has 0 bridgehead atoms. The van der Waals surface area contributed by atoms with Gasteiger partial charge in [-0.25, -0.2) is 0 Å². The van der Waals surface area contributed by atoms with Gasteiger partial charge in [-0.2, -0.15) is 4.39 Å². The van der Waals surface area contributed by atoms with Crippen LogP contribution in [0.15, 0.2) is 47.2 Å². The number of halogens is 1. The third-order valence-corrected chi connectivity index (χ3v) is 4.91. The fraction of sp³-hybridized carbons (Fsp3) is 0.500. The van der Waals surface area contributed by atoms with E-state index < -0.39 is 12.3 Å². The Labute approximate surface area is 166 Å². The Morgan fingerprint density at radius 2 is 2.00 bits per heavy atom. The monoisotopic (exact) mass is 390 g/mol. The SMILES string of the molecule is CCCCNC1=CCCC(COc2ccc(C(C)CC(O)O)cc2)=C1C(=N)F. The Hall–Kier alpha value is -2.18. The topological polar surface area (TPSA) is 85.6 Å². The van der Waals surface area contributed by atoms with Gasteiger partial charge in [-0.15, -0.1) is 0 Å². The molecule has 0 aliphatic heterocycles. The van der Waals surface area contributed by atoms with Crippen molar-refractivity contribution in [2.75, 3.05) is 13.2 Å². The molecule has 28 heavy (non-hydrogen) atoms. The zero-order chi connectivity index (χ0) is 20.5. The largest absolute Gasteiger partial charge is 0.489 e. The summed E-state index contributed by atoms with van der Waals surface area (Å²) in [6.45, 7) is 5.02. The second-order valence-electron chi connectivity index (χ2n) is 7.20. The number of aliphatic hydroxyl groups is 2. The first-order valence-electron chi connectivity index (χ1n) is 9.92. The standard InChI is InChI=1S/C22H31FN2O3/c1-3-4-12-25-19-7-5-6-17(21(19)22(23)24)14-28-18-10-8-16(9-11-18)15(2)13-20(26)27/h7-11,15,20,24-27H,3-6,12-14H2,1-2H3. The summed E-state index contributed by atoms with van der Waals surface area (Å²) >= 11 is 0. The molecule has 1 aromatic rings. The number of allylic oxidation sites excluding steroid dienone is 2. The molecule has 0 amide bonds. The minimum absolute atomic E-state index is 0.0237. The molecule has 1 aliphatic carbocycles. The van der Waals surface area contributed by atoms with Crippen molar-refractivity contribution in [3.05, 3.63) is 52.7 Å². The maximum absolute atomic E-state index is 13.9. The number of unbranched alkanes of at least 4 members (excludes halogenated alkanes) is 1. The molecular formula is C22H31FN2O3. The van der Waals surface area contributed by atoms with Crippen LogP contribution in [0.3, 0.4) is 0 Å². The van der Waals surface area contributed by atoms with Gasteiger partial charge in [-0.05, 0) is 48.4 Å². The predicted octanol–water partition coefficient (Wildman–Crippen LogP) is 4.18. The molecule has 1 aromatic carbocycles. The maximum Gasteiger partial charge on any atom is 0.214 e. The van der Waals surface area contributed by atoms with Crippen LogP contribution in [0, 0.1) is 5.41 Å². The van der Waals surface area contributed by atoms with Gasteiger partial charge in [0, 0.05) is 18.7 Å². The fourth-order valence-electron chi connectivity index (χ4n) is 3.30. The number of hydrogen-bond donors (Lipinski definition) is 4. The van der Waals surface area contributed by atoms with Crippen molar-refractivity contribution in [3.63, 3.8) is 0 Å². The molecule has 0 aromatic heterocycles. The van der Waals surface area contributed by atoms with Gasteiger partial charge in [-0.3, -0.25) is 5.41 Å². The number of benzene rings is 1. The van der Waals surface area contributed by atoms with Crippen molar-refractivity contribution in [1.29, 1.82) is 5.41 Å². The van der Waals surface area contributed by atoms with Gasteiger partial charge in [0.05, 0.1) is 5.57 Å². The molecule has 4 N–H and O–H groups in total. The predicted molar refractivity (Wildman–Crippen MR) is 109 cm³/mol. The zero-order valence-electron chi connectivity index (χ0n) is 16.7. The van der Waals surface area contributed by atoms with Crippen molar-refractivity contribution < 1.29 is 19.3 Å². The van der Waals surface area contributed by atoms with Crippen molar-refractivity contribution in [1.82, 2.24) is 5.32 Å². The molecular weight excluding hydrogens is 359 g/mol. The van der Waals surface area contributed by atoms with E-state index in [0.717, 1.165) is 36.9 Å². The average Bonchev–Trinajstić information content (AvgIpc) is 2.66. The van der Waals surface area contributed by atoms with Crippen molar-refractivity contribution >= 4 is 5.97 Å². The fourth-order valence-corrected chi connectivity index (χ4v) is 3.30. The van der Waals surface area contributed by atoms with E-state index in [1.54, 1.807) is 0 Å². The van der Waals surface area contributed by atoms with Crippen LogP contribution in [0.2, 0.25) is 0 Å². The molecule has 0 heterocycles. The van der Waals surface area contributed by atoms with Gasteiger partial charge in [-0.1, -0.05) is 38.5 Å². The first kappa shape index (κ1) is 22.1. The minimum Gasteiger partial charge on any atom is -0.489 e. The van der Waals surface area contributed by atoms with Crippen LogP contribution in [-0.2, 0) is 0 Å². The van der Waals surface area contributed by atoms with Crippen LogP contribution in [0.4, 0.5) is 4.39 Å². The summed E-state index contributed by atoms with van der Waals surface area (Å²) in [6, 6.07) is 7.45. The summed E-state index contributed by atoms with van der Waals surface area (Å²) in [5.74, 6) is -0.247. The van der Waals surface area contributed by atoms with Crippen molar-refractivity contribution in [2.45, 2.75) is 58.2 Å². The normalized spacial score (nSPS) is 15.4. The Morgan fingerprint density at radius 1 is 1.29 bits per heavy atom. The summed E-state index contributed by atoms with van der Waals surface area (Å²) in [7, 11) is 0. The lowest BCUT2D eigenvalue weighted by Gasteiger charge is -2.22. The van der Waals surface area contributed by atoms with E-state index >= 15 is 0 Å². The van der Waals surface area contributed by atoms with Crippen molar-refractivity contribution in [2.24, 2.45) is 0 Å². The number of ether oxygens (including phenoxy) is 1. The van der Waals surface area contributed by atoms with Gasteiger partial charge in [0.1, 0.15) is 12.4 Å². The highest BCUT2D eigenvalue weighted by Gasteiger charge is 2.20. The third kappa shape index (κ3) is 6.46. The molecule has 6 heteroatoms. The molecule has 0 saturated carbocycles. The quantitative estimate of drug-likeness (QED) is 0.259. The first-order chi connectivity index (χ1) is 13.4. The molecule has 0 spiro atoms. The minimum atomic E-state index is -1.33. The summed E-state index contributed by atoms with van der Waals surface area (Å²) in [4.78, 5) is 0. The van der Waals surface area contributed by atoms with E-state index in [1.165, 1.54) is 0 Å². The van der Waals surface area contributed by atoms with E-state index in [2.05, 4.69) is 12.2 Å². The van der Waals surface area contributed by atoms with E-state index in [-0.39, 0.29) is 18.9 Å². The van der Waals surface area contributed by atoms with Crippen LogP contribution >= 0.6 is 0 Å². The van der Waals surface area contributed by atoms with E-state index in [0.29, 0.717) is 23.4 Å². The highest BCUT2D eigenvalue weighted by atomic mass is 19.1. The van der Waals surface area contributed by atoms with E-state index in [9.17, 15) is 4.39 Å². The van der Waals surface area contributed by atoms with Crippen molar-refractivity contribution in [3.8, 4) is 5.75 Å². The molecule has 1 atom stereocenters. The Kier molecular flexibility index (Phi) is 8.67. The lowest BCUT2D eigenvalue weighted by molar-refractivity contribution is -0.0488. The lowest BCUT2D eigenvalue weighted by atomic mass is 9.95. The highest BCUT2D eigenvalue weighted by Crippen LogP contribution is 2.27. The Bertz CT molecular complexity index is 711. The molecule has 1 aliphatic rings. The highest BCUT2D eigenvalue weighted by molar-refractivity contribution is 5.95. The van der Waals surface area contributed by atoms with Crippen LogP contribution in [-0.4, -0.2) is 35.6 Å². The van der Waals surface area contributed by atoms with Gasteiger partial charge in [0.15, 0.2) is 6.29 Å². The van der Waals surface area contributed by atoms with E-state index in [1.807, 2.05) is 37.3 Å². The number of hydrogen-bond acceptors (Lipinski definition) is 5. The number of aliphatic hydroxyl groups excluding tert-OH is 1. The Morgan fingerprint density at radius 3 is 2.61 bits per heavy atom. The summed E-state index contributed by atoms with van der Waals surface area (Å²) in [5, 5.41) is 29.0.